The van der Waals surface area contributed by atoms with Crippen LogP contribution in [0.4, 0.5) is 0 Å². The highest BCUT2D eigenvalue weighted by Gasteiger charge is 2.24. The molecule has 1 aliphatic heterocycles. The average Bonchev–Trinajstić information content (AvgIpc) is 2.90. The molecule has 2 heterocycles. The van der Waals surface area contributed by atoms with Crippen molar-refractivity contribution in [2.45, 2.75) is 38.8 Å². The Balaban J connectivity index is 1.82. The highest BCUT2D eigenvalue weighted by Crippen LogP contribution is 2.26. The maximum absolute atomic E-state index is 5.97. The van der Waals surface area contributed by atoms with Gasteiger partial charge in [-0.2, -0.15) is 0 Å². The molecule has 0 bridgehead atoms. The van der Waals surface area contributed by atoms with E-state index in [0.717, 1.165) is 24.0 Å². The van der Waals surface area contributed by atoms with Gasteiger partial charge in [0.05, 0.1) is 4.34 Å². The summed E-state index contributed by atoms with van der Waals surface area (Å²) in [6.45, 7) is 6.78. The van der Waals surface area contributed by atoms with Gasteiger partial charge in [0.1, 0.15) is 0 Å². The molecule has 1 aromatic heterocycles. The van der Waals surface area contributed by atoms with Crippen LogP contribution in [0, 0.1) is 0 Å². The van der Waals surface area contributed by atoms with Crippen molar-refractivity contribution < 1.29 is 0 Å². The van der Waals surface area contributed by atoms with Gasteiger partial charge in [0.2, 0.25) is 0 Å². The second-order valence-corrected chi connectivity index (χ2v) is 6.48. The van der Waals surface area contributed by atoms with Gasteiger partial charge in [-0.15, -0.1) is 11.3 Å². The van der Waals surface area contributed by atoms with Gasteiger partial charge in [0.25, 0.3) is 0 Å². The van der Waals surface area contributed by atoms with Crippen LogP contribution >= 0.6 is 22.9 Å². The average molecular weight is 273 g/mol. The fourth-order valence-corrected chi connectivity index (χ4v) is 3.53. The molecule has 2 rings (SSSR count). The molecule has 0 aromatic carbocycles. The lowest BCUT2D eigenvalue weighted by Crippen LogP contribution is -2.37. The molecule has 17 heavy (non-hydrogen) atoms. The van der Waals surface area contributed by atoms with E-state index in [4.69, 9.17) is 11.6 Å². The standard InChI is InChI=1S/C13H21ClN2S/c1-2-7-15-9-11-4-3-8-16(11)10-12-5-6-13(14)17-12/h5-6,11,15H,2-4,7-10H2,1H3. The van der Waals surface area contributed by atoms with Crippen molar-refractivity contribution in [1.29, 1.82) is 0 Å². The number of nitrogens with one attached hydrogen (secondary N) is 1. The van der Waals surface area contributed by atoms with E-state index in [1.165, 1.54) is 30.7 Å². The zero-order valence-corrected chi connectivity index (χ0v) is 12.0. The molecule has 1 atom stereocenters. The van der Waals surface area contributed by atoms with E-state index in [9.17, 15) is 0 Å². The molecule has 0 radical (unpaired) electrons. The van der Waals surface area contributed by atoms with E-state index in [1.54, 1.807) is 11.3 Å². The van der Waals surface area contributed by atoms with E-state index >= 15 is 0 Å². The molecule has 1 fully saturated rings. The van der Waals surface area contributed by atoms with Crippen molar-refractivity contribution >= 4 is 22.9 Å². The fourth-order valence-electron chi connectivity index (χ4n) is 2.42. The predicted molar refractivity (Wildman–Crippen MR) is 75.9 cm³/mol. The summed E-state index contributed by atoms with van der Waals surface area (Å²) in [6.07, 6.45) is 3.88. The zero-order chi connectivity index (χ0) is 12.1. The second kappa shape index (κ2) is 6.74. The Morgan fingerprint density at radius 1 is 1.53 bits per heavy atom. The van der Waals surface area contributed by atoms with Crippen molar-refractivity contribution in [3.05, 3.63) is 21.3 Å². The van der Waals surface area contributed by atoms with E-state index in [0.29, 0.717) is 6.04 Å². The summed E-state index contributed by atoms with van der Waals surface area (Å²) in [7, 11) is 0. The highest BCUT2D eigenvalue weighted by atomic mass is 35.5. The number of thiophene rings is 1. The molecule has 4 heteroatoms. The third-order valence-electron chi connectivity index (χ3n) is 3.29. The van der Waals surface area contributed by atoms with Gasteiger partial charge >= 0.3 is 0 Å². The van der Waals surface area contributed by atoms with Crippen LogP contribution in [0.25, 0.3) is 0 Å². The van der Waals surface area contributed by atoms with E-state index < -0.39 is 0 Å². The largest absolute Gasteiger partial charge is 0.315 e. The van der Waals surface area contributed by atoms with Crippen molar-refractivity contribution in [3.8, 4) is 0 Å². The lowest BCUT2D eigenvalue weighted by molar-refractivity contribution is 0.241. The van der Waals surface area contributed by atoms with E-state index in [-0.39, 0.29) is 0 Å². The summed E-state index contributed by atoms with van der Waals surface area (Å²) >= 11 is 7.68. The van der Waals surface area contributed by atoms with Crippen LogP contribution in [0.5, 0.6) is 0 Å². The number of hydrogen-bond donors (Lipinski definition) is 1. The molecule has 1 unspecified atom stereocenters. The Morgan fingerprint density at radius 2 is 2.41 bits per heavy atom. The minimum Gasteiger partial charge on any atom is -0.315 e. The molecule has 0 saturated carbocycles. The molecule has 1 N–H and O–H groups in total. The normalized spacial score (nSPS) is 21.2. The van der Waals surface area contributed by atoms with Crippen molar-refractivity contribution in [2.24, 2.45) is 0 Å². The summed E-state index contributed by atoms with van der Waals surface area (Å²) in [5.74, 6) is 0. The van der Waals surface area contributed by atoms with Crippen LogP contribution in [0.2, 0.25) is 4.34 Å². The zero-order valence-electron chi connectivity index (χ0n) is 10.4. The molecule has 0 aliphatic carbocycles. The first-order chi connectivity index (χ1) is 8.29. The summed E-state index contributed by atoms with van der Waals surface area (Å²) in [5, 5.41) is 3.53. The fraction of sp³-hybridized carbons (Fsp3) is 0.692. The van der Waals surface area contributed by atoms with Crippen molar-refractivity contribution in [3.63, 3.8) is 0 Å². The monoisotopic (exact) mass is 272 g/mol. The van der Waals surface area contributed by atoms with E-state index in [2.05, 4.69) is 23.2 Å². The smallest absolute Gasteiger partial charge is 0.0931 e. The van der Waals surface area contributed by atoms with Crippen LogP contribution in [-0.2, 0) is 6.54 Å². The molecule has 1 aliphatic rings. The first kappa shape index (κ1) is 13.3. The molecule has 2 nitrogen and oxygen atoms in total. The number of hydrogen-bond acceptors (Lipinski definition) is 3. The maximum atomic E-state index is 5.97. The SMILES string of the molecule is CCCNCC1CCCN1Cc1ccc(Cl)s1. The predicted octanol–water partition coefficient (Wildman–Crippen LogP) is 3.37. The Labute approximate surface area is 113 Å². The number of rotatable bonds is 6. The first-order valence-corrected chi connectivity index (χ1v) is 7.68. The number of nitrogens with zero attached hydrogens (tertiary/aromatic N) is 1. The quantitative estimate of drug-likeness (QED) is 0.799. The van der Waals surface area contributed by atoms with Crippen LogP contribution in [0.3, 0.4) is 0 Å². The molecule has 0 amide bonds. The molecule has 96 valence electrons. The van der Waals surface area contributed by atoms with Crippen LogP contribution < -0.4 is 5.32 Å². The summed E-state index contributed by atoms with van der Waals surface area (Å²) in [5.41, 5.74) is 0. The summed E-state index contributed by atoms with van der Waals surface area (Å²) in [4.78, 5) is 3.97. The van der Waals surface area contributed by atoms with Gasteiger partial charge in [-0.1, -0.05) is 18.5 Å². The van der Waals surface area contributed by atoms with Crippen molar-refractivity contribution in [2.75, 3.05) is 19.6 Å². The van der Waals surface area contributed by atoms with Gasteiger partial charge in [-0.3, -0.25) is 4.90 Å². The van der Waals surface area contributed by atoms with Crippen molar-refractivity contribution in [1.82, 2.24) is 10.2 Å². The van der Waals surface area contributed by atoms with Gasteiger partial charge in [-0.25, -0.2) is 0 Å². The van der Waals surface area contributed by atoms with Gasteiger partial charge in [0, 0.05) is 24.0 Å². The third kappa shape index (κ3) is 3.95. The molecular formula is C13H21ClN2S. The Morgan fingerprint density at radius 3 is 3.12 bits per heavy atom. The maximum Gasteiger partial charge on any atom is 0.0931 e. The van der Waals surface area contributed by atoms with Gasteiger partial charge in [-0.05, 0) is 44.5 Å². The number of likely N-dealkylation sites (tertiary alicyclic amines) is 1. The molecule has 1 aromatic rings. The summed E-state index contributed by atoms with van der Waals surface area (Å²) in [6, 6.07) is 4.87. The van der Waals surface area contributed by atoms with Crippen LogP contribution in [0.1, 0.15) is 31.1 Å². The van der Waals surface area contributed by atoms with Crippen LogP contribution in [-0.4, -0.2) is 30.6 Å². The minimum atomic E-state index is 0.711. The molecule has 1 saturated heterocycles. The molecular weight excluding hydrogens is 252 g/mol. The lowest BCUT2D eigenvalue weighted by atomic mass is 10.2. The Kier molecular flexibility index (Phi) is 5.29. The number of halogens is 1. The molecule has 0 spiro atoms. The highest BCUT2D eigenvalue weighted by molar-refractivity contribution is 7.16. The second-order valence-electron chi connectivity index (χ2n) is 4.68. The summed E-state index contributed by atoms with van der Waals surface area (Å²) < 4.78 is 0.903. The van der Waals surface area contributed by atoms with Gasteiger partial charge < -0.3 is 5.32 Å². The van der Waals surface area contributed by atoms with Gasteiger partial charge in [0.15, 0.2) is 0 Å². The first-order valence-electron chi connectivity index (χ1n) is 6.48. The third-order valence-corrected chi connectivity index (χ3v) is 4.51. The lowest BCUT2D eigenvalue weighted by Gasteiger charge is -2.24. The minimum absolute atomic E-state index is 0.711. The Hall–Kier alpha value is -0.0900. The Bertz CT molecular complexity index is 340. The van der Waals surface area contributed by atoms with Crippen LogP contribution in [0.15, 0.2) is 12.1 Å². The topological polar surface area (TPSA) is 15.3 Å². The van der Waals surface area contributed by atoms with E-state index in [1.807, 2.05) is 6.07 Å².